The molecule has 1 heterocycles. The minimum atomic E-state index is -0.886. The van der Waals surface area contributed by atoms with Crippen LogP contribution in [-0.4, -0.2) is 35.0 Å². The van der Waals surface area contributed by atoms with E-state index in [2.05, 4.69) is 10.6 Å². The smallest absolute Gasteiger partial charge is 0.305 e. The summed E-state index contributed by atoms with van der Waals surface area (Å²) in [4.78, 5) is 34.3. The van der Waals surface area contributed by atoms with E-state index in [1.165, 1.54) is 0 Å². The molecule has 1 atom stereocenters. The molecule has 1 unspecified atom stereocenters. The number of carboxylic acids is 1. The summed E-state index contributed by atoms with van der Waals surface area (Å²) in [5.41, 5.74) is -0.618. The third kappa shape index (κ3) is 3.45. The van der Waals surface area contributed by atoms with Crippen molar-refractivity contribution in [3.8, 4) is 0 Å². The molecule has 1 aliphatic carbocycles. The first kappa shape index (κ1) is 13.8. The molecule has 1 aliphatic heterocycles. The van der Waals surface area contributed by atoms with Crippen molar-refractivity contribution in [2.24, 2.45) is 5.92 Å². The van der Waals surface area contributed by atoms with Crippen LogP contribution in [0.1, 0.15) is 44.9 Å². The molecule has 6 nitrogen and oxygen atoms in total. The van der Waals surface area contributed by atoms with Crippen LogP contribution in [0, 0.1) is 5.92 Å². The number of aliphatic carboxylic acids is 1. The van der Waals surface area contributed by atoms with Gasteiger partial charge < -0.3 is 15.7 Å². The number of rotatable bonds is 4. The molecule has 0 spiro atoms. The SMILES string of the molecule is O=C(O)CC1(NC(=O)C2CNC(=O)C2)CCCCC1. The van der Waals surface area contributed by atoms with Gasteiger partial charge in [-0.3, -0.25) is 14.4 Å². The summed E-state index contributed by atoms with van der Waals surface area (Å²) in [6, 6.07) is 0. The van der Waals surface area contributed by atoms with E-state index >= 15 is 0 Å². The molecule has 2 amide bonds. The van der Waals surface area contributed by atoms with Gasteiger partial charge >= 0.3 is 5.97 Å². The Morgan fingerprint density at radius 1 is 1.32 bits per heavy atom. The second-order valence-electron chi connectivity index (χ2n) is 5.61. The zero-order chi connectivity index (χ0) is 13.9. The zero-order valence-electron chi connectivity index (χ0n) is 10.9. The number of hydrogen-bond acceptors (Lipinski definition) is 3. The lowest BCUT2D eigenvalue weighted by Crippen LogP contribution is -2.53. The van der Waals surface area contributed by atoms with Gasteiger partial charge in [0.1, 0.15) is 0 Å². The Morgan fingerprint density at radius 2 is 2.00 bits per heavy atom. The van der Waals surface area contributed by atoms with Gasteiger partial charge in [0.05, 0.1) is 17.9 Å². The molecule has 0 aromatic carbocycles. The third-order valence-electron chi connectivity index (χ3n) is 4.04. The highest BCUT2D eigenvalue weighted by atomic mass is 16.4. The summed E-state index contributed by atoms with van der Waals surface area (Å²) in [7, 11) is 0. The van der Waals surface area contributed by atoms with Crippen molar-refractivity contribution in [3.05, 3.63) is 0 Å². The first-order chi connectivity index (χ1) is 9.01. The molecule has 0 radical (unpaired) electrons. The molecule has 0 aromatic rings. The van der Waals surface area contributed by atoms with E-state index < -0.39 is 11.5 Å². The van der Waals surface area contributed by atoms with E-state index in [0.29, 0.717) is 19.4 Å². The number of amides is 2. The van der Waals surface area contributed by atoms with Crippen LogP contribution in [0.15, 0.2) is 0 Å². The van der Waals surface area contributed by atoms with Gasteiger partial charge in [-0.2, -0.15) is 0 Å². The lowest BCUT2D eigenvalue weighted by molar-refractivity contribution is -0.140. The molecule has 2 rings (SSSR count). The summed E-state index contributed by atoms with van der Waals surface area (Å²) in [5.74, 6) is -1.56. The highest BCUT2D eigenvalue weighted by Gasteiger charge is 2.38. The Morgan fingerprint density at radius 3 is 2.53 bits per heavy atom. The Labute approximate surface area is 111 Å². The van der Waals surface area contributed by atoms with Crippen LogP contribution in [0.4, 0.5) is 0 Å². The molecule has 3 N–H and O–H groups in total. The van der Waals surface area contributed by atoms with Crippen LogP contribution in [-0.2, 0) is 14.4 Å². The zero-order valence-corrected chi connectivity index (χ0v) is 10.9. The third-order valence-corrected chi connectivity index (χ3v) is 4.04. The van der Waals surface area contributed by atoms with Crippen LogP contribution in [0.3, 0.4) is 0 Å². The van der Waals surface area contributed by atoms with Crippen molar-refractivity contribution in [2.75, 3.05) is 6.54 Å². The van der Waals surface area contributed by atoms with Gasteiger partial charge in [0, 0.05) is 13.0 Å². The number of carbonyl (C=O) groups excluding carboxylic acids is 2. The summed E-state index contributed by atoms with van der Waals surface area (Å²) in [6.07, 6.45) is 4.55. The monoisotopic (exact) mass is 268 g/mol. The lowest BCUT2D eigenvalue weighted by Gasteiger charge is -2.37. The number of carboxylic acid groups (broad SMARTS) is 1. The second-order valence-corrected chi connectivity index (χ2v) is 5.61. The summed E-state index contributed by atoms with van der Waals surface area (Å²) in [6.45, 7) is 0.355. The van der Waals surface area contributed by atoms with Gasteiger partial charge in [0.25, 0.3) is 0 Å². The van der Waals surface area contributed by atoms with Crippen molar-refractivity contribution < 1.29 is 19.5 Å². The van der Waals surface area contributed by atoms with Crippen molar-refractivity contribution in [2.45, 2.75) is 50.5 Å². The van der Waals surface area contributed by atoms with E-state index in [4.69, 9.17) is 5.11 Å². The fraction of sp³-hybridized carbons (Fsp3) is 0.769. The fourth-order valence-corrected chi connectivity index (χ4v) is 3.02. The van der Waals surface area contributed by atoms with Crippen LogP contribution in [0.25, 0.3) is 0 Å². The van der Waals surface area contributed by atoms with Crippen LogP contribution < -0.4 is 10.6 Å². The van der Waals surface area contributed by atoms with E-state index in [-0.39, 0.29) is 30.6 Å². The van der Waals surface area contributed by atoms with Crippen molar-refractivity contribution >= 4 is 17.8 Å². The van der Waals surface area contributed by atoms with Crippen LogP contribution in [0.5, 0.6) is 0 Å². The Kier molecular flexibility index (Phi) is 4.07. The molecular weight excluding hydrogens is 248 g/mol. The average Bonchev–Trinajstić information content (AvgIpc) is 2.76. The maximum atomic E-state index is 12.1. The van der Waals surface area contributed by atoms with Gasteiger partial charge in [0.2, 0.25) is 11.8 Å². The molecule has 1 saturated heterocycles. The average molecular weight is 268 g/mol. The van der Waals surface area contributed by atoms with Gasteiger partial charge in [-0.25, -0.2) is 0 Å². The molecule has 2 fully saturated rings. The first-order valence-corrected chi connectivity index (χ1v) is 6.81. The predicted octanol–water partition coefficient (Wildman–Crippen LogP) is 0.416. The molecule has 19 heavy (non-hydrogen) atoms. The topological polar surface area (TPSA) is 95.5 Å². The molecule has 0 bridgehead atoms. The normalized spacial score (nSPS) is 25.7. The maximum absolute atomic E-state index is 12.1. The number of carbonyl (C=O) groups is 3. The van der Waals surface area contributed by atoms with E-state index in [1.54, 1.807) is 0 Å². The van der Waals surface area contributed by atoms with Gasteiger partial charge in [-0.15, -0.1) is 0 Å². The molecule has 6 heteroatoms. The van der Waals surface area contributed by atoms with Gasteiger partial charge in [0.15, 0.2) is 0 Å². The minimum Gasteiger partial charge on any atom is -0.481 e. The van der Waals surface area contributed by atoms with Crippen molar-refractivity contribution in [3.63, 3.8) is 0 Å². The van der Waals surface area contributed by atoms with E-state index in [0.717, 1.165) is 19.3 Å². The van der Waals surface area contributed by atoms with Gasteiger partial charge in [-0.05, 0) is 12.8 Å². The number of hydrogen-bond donors (Lipinski definition) is 3. The van der Waals surface area contributed by atoms with E-state index in [9.17, 15) is 14.4 Å². The summed E-state index contributed by atoms with van der Waals surface area (Å²) < 4.78 is 0. The molecule has 2 aliphatic rings. The molecule has 1 saturated carbocycles. The van der Waals surface area contributed by atoms with Crippen molar-refractivity contribution in [1.29, 1.82) is 0 Å². The second kappa shape index (κ2) is 5.59. The fourth-order valence-electron chi connectivity index (χ4n) is 3.02. The standard InChI is InChI=1S/C13H20N2O4/c16-10-6-9(8-14-10)12(19)15-13(7-11(17)18)4-2-1-3-5-13/h9H,1-8H2,(H,14,16)(H,15,19)(H,17,18). The highest BCUT2D eigenvalue weighted by molar-refractivity contribution is 5.89. The summed E-state index contributed by atoms with van der Waals surface area (Å²) in [5, 5.41) is 14.6. The van der Waals surface area contributed by atoms with Crippen LogP contribution in [0.2, 0.25) is 0 Å². The molecule has 0 aromatic heterocycles. The maximum Gasteiger partial charge on any atom is 0.305 e. The predicted molar refractivity (Wildman–Crippen MR) is 67.3 cm³/mol. The Bertz CT molecular complexity index is 388. The molecular formula is C13H20N2O4. The Hall–Kier alpha value is -1.59. The Balaban J connectivity index is 2.00. The van der Waals surface area contributed by atoms with E-state index in [1.807, 2.05) is 0 Å². The highest BCUT2D eigenvalue weighted by Crippen LogP contribution is 2.31. The molecule has 106 valence electrons. The largest absolute Gasteiger partial charge is 0.481 e. The minimum absolute atomic E-state index is 0.0349. The van der Waals surface area contributed by atoms with Crippen LogP contribution >= 0.6 is 0 Å². The first-order valence-electron chi connectivity index (χ1n) is 6.81. The summed E-state index contributed by atoms with van der Waals surface area (Å²) >= 11 is 0. The number of nitrogens with one attached hydrogen (secondary N) is 2. The van der Waals surface area contributed by atoms with Gasteiger partial charge in [-0.1, -0.05) is 19.3 Å². The lowest BCUT2D eigenvalue weighted by atomic mass is 9.79. The quantitative estimate of drug-likeness (QED) is 0.688. The van der Waals surface area contributed by atoms with Crippen molar-refractivity contribution in [1.82, 2.24) is 10.6 Å².